The Hall–Kier alpha value is -2.21. The van der Waals surface area contributed by atoms with Crippen molar-refractivity contribution in [2.24, 2.45) is 0 Å². The van der Waals surface area contributed by atoms with Gasteiger partial charge >= 0.3 is 0 Å². The second kappa shape index (κ2) is 5.83. The third-order valence-corrected chi connectivity index (χ3v) is 3.08. The number of quaternary nitrogens is 1. The third kappa shape index (κ3) is 3.21. The number of nitrogens with one attached hydrogen (secondary N) is 2. The van der Waals surface area contributed by atoms with Gasteiger partial charge in [0, 0.05) is 14.1 Å². The van der Waals surface area contributed by atoms with Gasteiger partial charge in [-0.15, -0.1) is 0 Å². The van der Waals surface area contributed by atoms with Gasteiger partial charge in [-0.3, -0.25) is 9.59 Å². The van der Waals surface area contributed by atoms with Crippen molar-refractivity contribution in [1.29, 1.82) is 0 Å². The van der Waals surface area contributed by atoms with Gasteiger partial charge in [0.2, 0.25) is 0 Å². The van der Waals surface area contributed by atoms with Crippen LogP contribution in [0.4, 0.5) is 0 Å². The Bertz CT molecular complexity index is 678. The summed E-state index contributed by atoms with van der Waals surface area (Å²) in [7, 11) is 5.36. The molecule has 2 aromatic rings. The number of likely N-dealkylation sites (N-methyl/N-ethyl adjacent to an activating group) is 2. The predicted octanol–water partition coefficient (Wildman–Crippen LogP) is -0.974. The van der Waals surface area contributed by atoms with Gasteiger partial charge in [0.1, 0.15) is 6.54 Å². The van der Waals surface area contributed by atoms with E-state index in [0.717, 1.165) is 4.90 Å². The van der Waals surface area contributed by atoms with E-state index < -0.39 is 0 Å². The highest BCUT2D eigenvalue weighted by molar-refractivity contribution is 5.77. The van der Waals surface area contributed by atoms with Crippen molar-refractivity contribution < 1.29 is 9.69 Å². The van der Waals surface area contributed by atoms with Gasteiger partial charge in [0.05, 0.1) is 18.0 Å². The molecule has 0 aliphatic heterocycles. The average molecular weight is 275 g/mol. The van der Waals surface area contributed by atoms with Crippen LogP contribution in [0.1, 0.15) is 5.82 Å². The summed E-state index contributed by atoms with van der Waals surface area (Å²) in [5, 5.41) is 0.582. The minimum atomic E-state index is -0.141. The van der Waals surface area contributed by atoms with Gasteiger partial charge in [-0.25, -0.2) is 4.98 Å². The number of hydrogen-bond donors (Lipinski definition) is 2. The quantitative estimate of drug-likeness (QED) is 0.754. The van der Waals surface area contributed by atoms with Crippen LogP contribution in [0.15, 0.2) is 29.1 Å². The molecule has 0 fully saturated rings. The molecule has 1 amide bonds. The molecule has 1 heterocycles. The van der Waals surface area contributed by atoms with Crippen LogP contribution in [0.25, 0.3) is 10.9 Å². The van der Waals surface area contributed by atoms with Gasteiger partial charge < -0.3 is 14.8 Å². The number of amides is 1. The molecule has 6 heteroatoms. The summed E-state index contributed by atoms with van der Waals surface area (Å²) in [6, 6.07) is 7.22. The van der Waals surface area contributed by atoms with Crippen LogP contribution in [-0.4, -0.2) is 48.5 Å². The molecule has 20 heavy (non-hydrogen) atoms. The molecule has 6 nitrogen and oxygen atoms in total. The first-order chi connectivity index (χ1) is 9.47. The number of H-pyrrole nitrogens is 1. The van der Waals surface area contributed by atoms with E-state index >= 15 is 0 Å². The number of aromatic nitrogens is 2. The molecular formula is C14H19N4O2+. The van der Waals surface area contributed by atoms with Crippen molar-refractivity contribution in [2.45, 2.75) is 6.54 Å². The molecular weight excluding hydrogens is 256 g/mol. The topological polar surface area (TPSA) is 70.5 Å². The van der Waals surface area contributed by atoms with E-state index in [4.69, 9.17) is 0 Å². The van der Waals surface area contributed by atoms with Gasteiger partial charge in [0.15, 0.2) is 12.4 Å². The molecule has 0 spiro atoms. The lowest BCUT2D eigenvalue weighted by molar-refractivity contribution is -0.886. The van der Waals surface area contributed by atoms with Crippen LogP contribution in [0, 0.1) is 0 Å². The molecule has 1 aromatic carbocycles. The van der Waals surface area contributed by atoms with Gasteiger partial charge in [-0.1, -0.05) is 12.1 Å². The zero-order chi connectivity index (χ0) is 14.7. The van der Waals surface area contributed by atoms with E-state index in [1.807, 2.05) is 25.2 Å². The number of carbonyl (C=O) groups is 1. The Morgan fingerprint density at radius 3 is 2.75 bits per heavy atom. The number of fused-ring (bicyclic) bond motifs is 1. The molecule has 2 rings (SSSR count). The summed E-state index contributed by atoms with van der Waals surface area (Å²) in [5.41, 5.74) is 0.537. The Balaban J connectivity index is 2.18. The molecule has 0 saturated carbocycles. The lowest BCUT2D eigenvalue weighted by atomic mass is 10.2. The Labute approximate surface area is 117 Å². The fourth-order valence-corrected chi connectivity index (χ4v) is 1.98. The summed E-state index contributed by atoms with van der Waals surface area (Å²) >= 11 is 0. The molecule has 0 aliphatic rings. The summed E-state index contributed by atoms with van der Waals surface area (Å²) in [5.74, 6) is 0.642. The molecule has 1 atom stereocenters. The first-order valence-corrected chi connectivity index (χ1v) is 6.47. The van der Waals surface area contributed by atoms with Gasteiger partial charge in [-0.05, 0) is 12.1 Å². The average Bonchev–Trinajstić information content (AvgIpc) is 2.38. The summed E-state index contributed by atoms with van der Waals surface area (Å²) < 4.78 is 0. The number of hydrogen-bond acceptors (Lipinski definition) is 3. The Kier molecular flexibility index (Phi) is 4.14. The maximum atomic E-state index is 11.9. The number of benzene rings is 1. The van der Waals surface area contributed by atoms with Crippen LogP contribution in [0.3, 0.4) is 0 Å². The minimum absolute atomic E-state index is 0.0469. The predicted molar refractivity (Wildman–Crippen MR) is 76.5 cm³/mol. The number of aromatic amines is 1. The second-order valence-electron chi connectivity index (χ2n) is 5.13. The fourth-order valence-electron chi connectivity index (χ4n) is 1.98. The molecule has 106 valence electrons. The van der Waals surface area contributed by atoms with Crippen LogP contribution >= 0.6 is 0 Å². The minimum Gasteiger partial charge on any atom is -0.344 e. The Morgan fingerprint density at radius 2 is 2.05 bits per heavy atom. The van der Waals surface area contributed by atoms with Crippen molar-refractivity contribution in [3.8, 4) is 0 Å². The van der Waals surface area contributed by atoms with E-state index in [2.05, 4.69) is 9.97 Å². The van der Waals surface area contributed by atoms with Crippen molar-refractivity contribution in [2.75, 3.05) is 27.7 Å². The third-order valence-electron chi connectivity index (χ3n) is 3.08. The normalized spacial score (nSPS) is 12.3. The maximum Gasteiger partial charge on any atom is 0.277 e. The van der Waals surface area contributed by atoms with Crippen molar-refractivity contribution in [1.82, 2.24) is 14.9 Å². The number of nitrogens with zero attached hydrogens (tertiary/aromatic N) is 2. The highest BCUT2D eigenvalue weighted by Crippen LogP contribution is 2.04. The second-order valence-corrected chi connectivity index (χ2v) is 5.13. The highest BCUT2D eigenvalue weighted by Gasteiger charge is 2.14. The lowest BCUT2D eigenvalue weighted by Gasteiger charge is -2.16. The van der Waals surface area contributed by atoms with E-state index in [-0.39, 0.29) is 11.5 Å². The van der Waals surface area contributed by atoms with Crippen LogP contribution < -0.4 is 10.5 Å². The molecule has 0 bridgehead atoms. The fraction of sp³-hybridized carbons (Fsp3) is 0.357. The summed E-state index contributed by atoms with van der Waals surface area (Å²) in [4.78, 5) is 33.3. The van der Waals surface area contributed by atoms with E-state index in [1.54, 1.807) is 25.1 Å². The molecule has 1 aromatic heterocycles. The highest BCUT2D eigenvalue weighted by atomic mass is 16.2. The van der Waals surface area contributed by atoms with Crippen molar-refractivity contribution in [3.63, 3.8) is 0 Å². The summed E-state index contributed by atoms with van der Waals surface area (Å²) in [6.45, 7) is 0.864. The van der Waals surface area contributed by atoms with E-state index in [1.165, 1.54) is 0 Å². The van der Waals surface area contributed by atoms with Gasteiger partial charge in [0.25, 0.3) is 11.5 Å². The molecule has 0 radical (unpaired) electrons. The Morgan fingerprint density at radius 1 is 1.35 bits per heavy atom. The largest absolute Gasteiger partial charge is 0.344 e. The van der Waals surface area contributed by atoms with E-state index in [9.17, 15) is 9.59 Å². The zero-order valence-electron chi connectivity index (χ0n) is 11.9. The van der Waals surface area contributed by atoms with Crippen LogP contribution in [0.5, 0.6) is 0 Å². The standard InChI is InChI=1S/C14H18N4O2/c1-17(2)13(19)9-18(3)8-12-15-11-7-5-4-6-10(11)14(20)16-12/h4-7H,8-9H2,1-3H3,(H,15,16,20)/p+1. The van der Waals surface area contributed by atoms with Crippen molar-refractivity contribution >= 4 is 16.8 Å². The van der Waals surface area contributed by atoms with E-state index in [0.29, 0.717) is 29.8 Å². The molecule has 1 unspecified atom stereocenters. The first-order valence-electron chi connectivity index (χ1n) is 6.47. The smallest absolute Gasteiger partial charge is 0.277 e. The number of carbonyl (C=O) groups excluding carboxylic acids is 1. The van der Waals surface area contributed by atoms with Crippen LogP contribution in [-0.2, 0) is 11.3 Å². The van der Waals surface area contributed by atoms with Crippen molar-refractivity contribution in [3.05, 3.63) is 40.4 Å². The zero-order valence-corrected chi connectivity index (χ0v) is 11.9. The molecule has 0 aliphatic carbocycles. The van der Waals surface area contributed by atoms with Gasteiger partial charge in [-0.2, -0.15) is 0 Å². The number of para-hydroxylation sites is 1. The van der Waals surface area contributed by atoms with Crippen LogP contribution in [0.2, 0.25) is 0 Å². The lowest BCUT2D eigenvalue weighted by Crippen LogP contribution is -3.09. The summed E-state index contributed by atoms with van der Waals surface area (Å²) in [6.07, 6.45) is 0. The monoisotopic (exact) mass is 275 g/mol. The SMILES string of the molecule is CN(C)C(=O)C[NH+](C)Cc1nc2ccccc2c(=O)[nH]1. The maximum absolute atomic E-state index is 11.9. The molecule has 0 saturated heterocycles. The first kappa shape index (κ1) is 14.2. The molecule has 2 N–H and O–H groups in total. The number of rotatable bonds is 4.